The molecule has 0 unspecified atom stereocenters. The van der Waals surface area contributed by atoms with E-state index in [4.69, 9.17) is 11.0 Å². The molecule has 0 aromatic heterocycles. The number of nitriles is 1. The minimum atomic E-state index is 0.500. The van der Waals surface area contributed by atoms with Gasteiger partial charge >= 0.3 is 0 Å². The molecule has 0 amide bonds. The third-order valence-electron chi connectivity index (χ3n) is 2.06. The van der Waals surface area contributed by atoms with Crippen LogP contribution in [-0.2, 0) is 0 Å². The maximum absolute atomic E-state index is 8.29. The fourth-order valence-corrected chi connectivity index (χ4v) is 1.45. The lowest BCUT2D eigenvalue weighted by Gasteiger charge is -2.06. The number of allylic oxidation sites excluding steroid dienone is 2. The van der Waals surface area contributed by atoms with E-state index >= 15 is 0 Å². The number of nitrogens with two attached hydrogens (primary N) is 1. The highest BCUT2D eigenvalue weighted by Gasteiger charge is 2.16. The highest BCUT2D eigenvalue weighted by atomic mass is 14.6. The van der Waals surface area contributed by atoms with Gasteiger partial charge in [0.15, 0.2) is 0 Å². The quantitative estimate of drug-likeness (QED) is 0.556. The van der Waals surface area contributed by atoms with E-state index in [1.54, 1.807) is 0 Å². The Balaban J connectivity index is 2.49. The van der Waals surface area contributed by atoms with E-state index in [1.807, 2.05) is 6.07 Å². The Kier molecular flexibility index (Phi) is 2.33. The molecule has 0 aromatic rings. The monoisotopic (exact) mass is 136 g/mol. The molecule has 0 aromatic carbocycles. The number of hydrogen-bond donors (Lipinski definition) is 1. The van der Waals surface area contributed by atoms with E-state index in [1.165, 1.54) is 31.8 Å². The number of hydrogen-bond acceptors (Lipinski definition) is 2. The van der Waals surface area contributed by atoms with Crippen molar-refractivity contribution in [1.29, 1.82) is 5.26 Å². The Morgan fingerprint density at radius 1 is 1.50 bits per heavy atom. The fraction of sp³-hybridized carbons (Fsp3) is 0.625. The van der Waals surface area contributed by atoms with Gasteiger partial charge in [-0.2, -0.15) is 5.26 Å². The van der Waals surface area contributed by atoms with Gasteiger partial charge in [-0.05, 0) is 18.8 Å². The third-order valence-corrected chi connectivity index (χ3v) is 2.06. The summed E-state index contributed by atoms with van der Waals surface area (Å²) in [5.41, 5.74) is 6.41. The van der Waals surface area contributed by atoms with Crippen molar-refractivity contribution >= 4 is 0 Å². The van der Waals surface area contributed by atoms with Gasteiger partial charge in [-0.25, -0.2) is 0 Å². The number of nitrogens with zero attached hydrogens (tertiary/aromatic N) is 1. The average Bonchev–Trinajstić information content (AvgIpc) is 2.38. The normalized spacial score (nSPS) is 20.9. The maximum atomic E-state index is 8.29. The minimum absolute atomic E-state index is 0.500. The molecule has 1 saturated carbocycles. The summed E-state index contributed by atoms with van der Waals surface area (Å²) in [4.78, 5) is 0. The second-order valence-electron chi connectivity index (χ2n) is 2.75. The van der Waals surface area contributed by atoms with Crippen LogP contribution < -0.4 is 5.73 Å². The first-order chi connectivity index (χ1) is 4.84. The summed E-state index contributed by atoms with van der Waals surface area (Å²) >= 11 is 0. The molecule has 2 N–H and O–H groups in total. The summed E-state index contributed by atoms with van der Waals surface area (Å²) in [7, 11) is 0. The van der Waals surface area contributed by atoms with Crippen molar-refractivity contribution in [2.45, 2.75) is 25.7 Å². The van der Waals surface area contributed by atoms with Crippen molar-refractivity contribution in [3.8, 4) is 6.07 Å². The van der Waals surface area contributed by atoms with Crippen LogP contribution in [0.3, 0.4) is 0 Å². The van der Waals surface area contributed by atoms with Gasteiger partial charge in [0, 0.05) is 11.8 Å². The fourth-order valence-electron chi connectivity index (χ4n) is 1.45. The van der Waals surface area contributed by atoms with E-state index in [0.717, 1.165) is 5.70 Å². The Labute approximate surface area is 61.3 Å². The molecule has 2 nitrogen and oxygen atoms in total. The molecule has 1 aliphatic rings. The van der Waals surface area contributed by atoms with Gasteiger partial charge in [-0.15, -0.1) is 0 Å². The molecule has 1 aliphatic carbocycles. The van der Waals surface area contributed by atoms with Crippen LogP contribution in [0.15, 0.2) is 11.8 Å². The van der Waals surface area contributed by atoms with Gasteiger partial charge in [0.1, 0.15) is 0 Å². The lowest BCUT2D eigenvalue weighted by atomic mass is 10.0. The zero-order valence-electron chi connectivity index (χ0n) is 6.01. The molecule has 10 heavy (non-hydrogen) atoms. The van der Waals surface area contributed by atoms with Gasteiger partial charge in [0.25, 0.3) is 0 Å². The molecule has 0 atom stereocenters. The molecule has 0 heterocycles. The zero-order chi connectivity index (χ0) is 7.40. The summed E-state index contributed by atoms with van der Waals surface area (Å²) in [6.07, 6.45) is 6.35. The van der Waals surface area contributed by atoms with Crippen LogP contribution in [0.4, 0.5) is 0 Å². The largest absolute Gasteiger partial charge is 0.401 e. The van der Waals surface area contributed by atoms with Crippen LogP contribution in [0.5, 0.6) is 0 Å². The first kappa shape index (κ1) is 7.14. The van der Waals surface area contributed by atoms with Gasteiger partial charge in [0.2, 0.25) is 0 Å². The molecule has 0 spiro atoms. The van der Waals surface area contributed by atoms with Crippen molar-refractivity contribution in [3.63, 3.8) is 0 Å². The summed E-state index contributed by atoms with van der Waals surface area (Å²) < 4.78 is 0. The Bertz CT molecular complexity index is 170. The van der Waals surface area contributed by atoms with Crippen LogP contribution >= 0.6 is 0 Å². The molecule has 2 heteroatoms. The molecule has 0 aliphatic heterocycles. The van der Waals surface area contributed by atoms with Gasteiger partial charge in [0.05, 0.1) is 6.07 Å². The predicted octanol–water partition coefficient (Wildman–Crippen LogP) is 1.54. The Hall–Kier alpha value is -0.970. The first-order valence-electron chi connectivity index (χ1n) is 3.69. The molecule has 0 radical (unpaired) electrons. The van der Waals surface area contributed by atoms with Gasteiger partial charge in [-0.1, -0.05) is 12.8 Å². The first-order valence-corrected chi connectivity index (χ1v) is 3.69. The van der Waals surface area contributed by atoms with E-state index in [-0.39, 0.29) is 0 Å². The maximum Gasteiger partial charge on any atom is 0.0930 e. The molecular weight excluding hydrogens is 124 g/mol. The molecule has 1 rings (SSSR count). The summed E-state index contributed by atoms with van der Waals surface area (Å²) in [6.45, 7) is 0. The topological polar surface area (TPSA) is 49.8 Å². The van der Waals surface area contributed by atoms with Crippen molar-refractivity contribution in [3.05, 3.63) is 11.8 Å². The van der Waals surface area contributed by atoms with E-state index in [0.29, 0.717) is 5.92 Å². The van der Waals surface area contributed by atoms with Crippen molar-refractivity contribution in [2.24, 2.45) is 11.7 Å². The summed E-state index contributed by atoms with van der Waals surface area (Å²) in [6, 6.07) is 1.96. The second-order valence-corrected chi connectivity index (χ2v) is 2.75. The van der Waals surface area contributed by atoms with E-state index in [2.05, 4.69) is 0 Å². The molecule has 0 bridgehead atoms. The Morgan fingerprint density at radius 2 is 2.10 bits per heavy atom. The van der Waals surface area contributed by atoms with Crippen LogP contribution in [-0.4, -0.2) is 0 Å². The lowest BCUT2D eigenvalue weighted by Crippen LogP contribution is -2.07. The highest BCUT2D eigenvalue weighted by molar-refractivity contribution is 5.13. The number of rotatable bonds is 1. The highest BCUT2D eigenvalue weighted by Crippen LogP contribution is 2.28. The summed E-state index contributed by atoms with van der Waals surface area (Å²) in [5.74, 6) is 0.500. The van der Waals surface area contributed by atoms with E-state index in [9.17, 15) is 0 Å². The van der Waals surface area contributed by atoms with Crippen molar-refractivity contribution in [1.82, 2.24) is 0 Å². The summed E-state index contributed by atoms with van der Waals surface area (Å²) in [5, 5.41) is 8.29. The average molecular weight is 136 g/mol. The SMILES string of the molecule is N#CC=C(N)C1CCCC1. The molecule has 54 valence electrons. The van der Waals surface area contributed by atoms with Gasteiger partial charge < -0.3 is 5.73 Å². The Morgan fingerprint density at radius 3 is 2.60 bits per heavy atom. The van der Waals surface area contributed by atoms with Gasteiger partial charge in [-0.3, -0.25) is 0 Å². The predicted molar refractivity (Wildman–Crippen MR) is 39.8 cm³/mol. The minimum Gasteiger partial charge on any atom is -0.401 e. The second kappa shape index (κ2) is 3.26. The van der Waals surface area contributed by atoms with Crippen LogP contribution in [0.2, 0.25) is 0 Å². The van der Waals surface area contributed by atoms with E-state index < -0.39 is 0 Å². The van der Waals surface area contributed by atoms with Crippen LogP contribution in [0, 0.1) is 17.2 Å². The van der Waals surface area contributed by atoms with Crippen LogP contribution in [0.25, 0.3) is 0 Å². The zero-order valence-corrected chi connectivity index (χ0v) is 6.01. The molecule has 0 saturated heterocycles. The van der Waals surface area contributed by atoms with Crippen molar-refractivity contribution < 1.29 is 0 Å². The van der Waals surface area contributed by atoms with Crippen molar-refractivity contribution in [2.75, 3.05) is 0 Å². The van der Waals surface area contributed by atoms with Crippen LogP contribution in [0.1, 0.15) is 25.7 Å². The smallest absolute Gasteiger partial charge is 0.0930 e. The molecular formula is C8H12N2. The lowest BCUT2D eigenvalue weighted by molar-refractivity contribution is 0.635. The third kappa shape index (κ3) is 1.51. The molecule has 1 fully saturated rings. The standard InChI is InChI=1S/C8H12N2/c9-6-5-8(10)7-3-1-2-4-7/h5,7H,1-4,10H2.